The first kappa shape index (κ1) is 16.0. The van der Waals surface area contributed by atoms with Crippen molar-refractivity contribution in [1.29, 1.82) is 0 Å². The Morgan fingerprint density at radius 2 is 2.10 bits per heavy atom. The Morgan fingerprint density at radius 1 is 1.33 bits per heavy atom. The van der Waals surface area contributed by atoms with E-state index in [1.807, 2.05) is 29.8 Å². The van der Waals surface area contributed by atoms with Gasteiger partial charge in [0.05, 0.1) is 11.4 Å². The monoisotopic (exact) mass is 351 g/mol. The summed E-state index contributed by atoms with van der Waals surface area (Å²) in [5, 5.41) is 4.54. The fourth-order valence-corrected chi connectivity index (χ4v) is 2.61. The SMILES string of the molecule is CCc1cc(COc2ccc(Br)cc2[C@@H](C)N)n(CC)n1. The molecule has 2 aromatic rings. The number of halogens is 1. The molecule has 0 bridgehead atoms. The van der Waals surface area contributed by atoms with Gasteiger partial charge in [0.25, 0.3) is 0 Å². The molecule has 0 aliphatic carbocycles. The number of ether oxygens (including phenoxy) is 1. The molecule has 2 N–H and O–H groups in total. The highest BCUT2D eigenvalue weighted by molar-refractivity contribution is 9.10. The van der Waals surface area contributed by atoms with E-state index in [2.05, 4.69) is 40.9 Å². The van der Waals surface area contributed by atoms with E-state index < -0.39 is 0 Å². The first-order valence-electron chi connectivity index (χ1n) is 7.28. The second kappa shape index (κ2) is 7.09. The topological polar surface area (TPSA) is 53.1 Å². The van der Waals surface area contributed by atoms with Gasteiger partial charge in [-0.3, -0.25) is 4.68 Å². The molecule has 0 saturated heterocycles. The highest BCUT2D eigenvalue weighted by Gasteiger charge is 2.11. The quantitative estimate of drug-likeness (QED) is 0.860. The van der Waals surface area contributed by atoms with Crippen LogP contribution in [0.2, 0.25) is 0 Å². The van der Waals surface area contributed by atoms with Crippen molar-refractivity contribution < 1.29 is 4.74 Å². The Kier molecular flexibility index (Phi) is 5.42. The lowest BCUT2D eigenvalue weighted by Gasteiger charge is -2.14. The van der Waals surface area contributed by atoms with Gasteiger partial charge < -0.3 is 10.5 Å². The molecule has 0 radical (unpaired) electrons. The van der Waals surface area contributed by atoms with Crippen LogP contribution in [-0.2, 0) is 19.6 Å². The average molecular weight is 352 g/mol. The van der Waals surface area contributed by atoms with E-state index in [1.54, 1.807) is 0 Å². The number of hydrogen-bond acceptors (Lipinski definition) is 3. The summed E-state index contributed by atoms with van der Waals surface area (Å²) >= 11 is 3.47. The predicted molar refractivity (Wildman–Crippen MR) is 88.4 cm³/mol. The fraction of sp³-hybridized carbons (Fsp3) is 0.438. The molecule has 0 aliphatic rings. The normalized spacial score (nSPS) is 12.4. The molecule has 1 heterocycles. The second-order valence-electron chi connectivity index (χ2n) is 5.06. The second-order valence-corrected chi connectivity index (χ2v) is 5.97. The van der Waals surface area contributed by atoms with E-state index in [0.717, 1.165) is 40.1 Å². The van der Waals surface area contributed by atoms with Crippen LogP contribution in [0.5, 0.6) is 5.75 Å². The molecule has 1 aromatic carbocycles. The van der Waals surface area contributed by atoms with Gasteiger partial charge in [-0.15, -0.1) is 0 Å². The van der Waals surface area contributed by atoms with Gasteiger partial charge in [-0.1, -0.05) is 22.9 Å². The summed E-state index contributed by atoms with van der Waals surface area (Å²) in [5.41, 5.74) is 9.20. The molecule has 114 valence electrons. The maximum absolute atomic E-state index is 6.02. The molecule has 4 nitrogen and oxygen atoms in total. The minimum atomic E-state index is -0.0696. The maximum atomic E-state index is 6.02. The van der Waals surface area contributed by atoms with Crippen LogP contribution in [0.4, 0.5) is 0 Å². The molecule has 0 spiro atoms. The van der Waals surface area contributed by atoms with Gasteiger partial charge >= 0.3 is 0 Å². The Hall–Kier alpha value is -1.33. The van der Waals surface area contributed by atoms with E-state index in [0.29, 0.717) is 6.61 Å². The van der Waals surface area contributed by atoms with E-state index in [9.17, 15) is 0 Å². The van der Waals surface area contributed by atoms with E-state index >= 15 is 0 Å². The van der Waals surface area contributed by atoms with Gasteiger partial charge in [0.2, 0.25) is 0 Å². The molecule has 0 amide bonds. The summed E-state index contributed by atoms with van der Waals surface area (Å²) in [6.45, 7) is 7.50. The summed E-state index contributed by atoms with van der Waals surface area (Å²) in [5.74, 6) is 0.829. The van der Waals surface area contributed by atoms with E-state index in [1.165, 1.54) is 0 Å². The fourth-order valence-electron chi connectivity index (χ4n) is 2.24. The first-order chi connectivity index (χ1) is 10.0. The average Bonchev–Trinajstić information content (AvgIpc) is 2.88. The van der Waals surface area contributed by atoms with Crippen LogP contribution in [0.25, 0.3) is 0 Å². The highest BCUT2D eigenvalue weighted by atomic mass is 79.9. The van der Waals surface area contributed by atoms with Crippen LogP contribution in [0.15, 0.2) is 28.7 Å². The Bertz CT molecular complexity index is 608. The zero-order chi connectivity index (χ0) is 15.4. The molecular formula is C16H22BrN3O. The summed E-state index contributed by atoms with van der Waals surface area (Å²) in [4.78, 5) is 0. The van der Waals surface area contributed by atoms with Crippen molar-refractivity contribution in [2.75, 3.05) is 0 Å². The number of nitrogens with zero attached hydrogens (tertiary/aromatic N) is 2. The molecule has 5 heteroatoms. The van der Waals surface area contributed by atoms with Crippen molar-refractivity contribution >= 4 is 15.9 Å². The Balaban J connectivity index is 2.18. The van der Waals surface area contributed by atoms with E-state index in [-0.39, 0.29) is 6.04 Å². The minimum absolute atomic E-state index is 0.0696. The first-order valence-corrected chi connectivity index (χ1v) is 8.07. The zero-order valence-electron chi connectivity index (χ0n) is 12.8. The van der Waals surface area contributed by atoms with E-state index in [4.69, 9.17) is 10.5 Å². The van der Waals surface area contributed by atoms with Crippen LogP contribution in [0.3, 0.4) is 0 Å². The molecule has 1 atom stereocenters. The number of hydrogen-bond donors (Lipinski definition) is 1. The number of aromatic nitrogens is 2. The van der Waals surface area contributed by atoms with Crippen LogP contribution < -0.4 is 10.5 Å². The van der Waals surface area contributed by atoms with Crippen molar-refractivity contribution in [3.63, 3.8) is 0 Å². The largest absolute Gasteiger partial charge is 0.487 e. The van der Waals surface area contributed by atoms with Crippen molar-refractivity contribution in [2.45, 2.75) is 46.4 Å². The van der Waals surface area contributed by atoms with Crippen LogP contribution in [0, 0.1) is 0 Å². The molecule has 2 rings (SSSR count). The van der Waals surface area contributed by atoms with Gasteiger partial charge in [0, 0.05) is 22.6 Å². The molecular weight excluding hydrogens is 330 g/mol. The highest BCUT2D eigenvalue weighted by Crippen LogP contribution is 2.28. The molecule has 0 unspecified atom stereocenters. The van der Waals surface area contributed by atoms with Crippen LogP contribution in [0.1, 0.15) is 43.8 Å². The summed E-state index contributed by atoms with van der Waals surface area (Å²) in [6, 6.07) is 7.97. The van der Waals surface area contributed by atoms with Gasteiger partial charge in [0.1, 0.15) is 12.4 Å². The smallest absolute Gasteiger partial charge is 0.130 e. The minimum Gasteiger partial charge on any atom is -0.487 e. The van der Waals surface area contributed by atoms with Gasteiger partial charge in [-0.05, 0) is 44.5 Å². The lowest BCUT2D eigenvalue weighted by molar-refractivity contribution is 0.288. The van der Waals surface area contributed by atoms with Crippen molar-refractivity contribution in [1.82, 2.24) is 9.78 Å². The molecule has 0 aliphatic heterocycles. The molecule has 1 aromatic heterocycles. The lowest BCUT2D eigenvalue weighted by atomic mass is 10.1. The number of aryl methyl sites for hydroxylation is 2. The number of rotatable bonds is 6. The molecule has 21 heavy (non-hydrogen) atoms. The lowest BCUT2D eigenvalue weighted by Crippen LogP contribution is -2.10. The molecule has 0 fully saturated rings. The zero-order valence-corrected chi connectivity index (χ0v) is 14.4. The summed E-state index contributed by atoms with van der Waals surface area (Å²) < 4.78 is 8.98. The van der Waals surface area contributed by atoms with Crippen molar-refractivity contribution in [3.05, 3.63) is 45.7 Å². The van der Waals surface area contributed by atoms with Crippen LogP contribution in [-0.4, -0.2) is 9.78 Å². The van der Waals surface area contributed by atoms with Crippen molar-refractivity contribution in [2.24, 2.45) is 5.73 Å². The Labute approximate surface area is 134 Å². The number of benzene rings is 1. The predicted octanol–water partition coefficient (Wildman–Crippen LogP) is 3.83. The van der Waals surface area contributed by atoms with Gasteiger partial charge in [-0.2, -0.15) is 5.10 Å². The summed E-state index contributed by atoms with van der Waals surface area (Å²) in [7, 11) is 0. The van der Waals surface area contributed by atoms with Crippen molar-refractivity contribution in [3.8, 4) is 5.75 Å². The summed E-state index contributed by atoms with van der Waals surface area (Å²) in [6.07, 6.45) is 0.934. The maximum Gasteiger partial charge on any atom is 0.130 e. The third-order valence-corrected chi connectivity index (χ3v) is 3.91. The third-order valence-electron chi connectivity index (χ3n) is 3.41. The third kappa shape index (κ3) is 3.86. The number of nitrogens with two attached hydrogens (primary N) is 1. The van der Waals surface area contributed by atoms with Crippen LogP contribution >= 0.6 is 15.9 Å². The Morgan fingerprint density at radius 3 is 2.71 bits per heavy atom. The molecule has 0 saturated carbocycles. The van der Waals surface area contributed by atoms with Gasteiger partial charge in [-0.25, -0.2) is 0 Å². The van der Waals surface area contributed by atoms with Gasteiger partial charge in [0.15, 0.2) is 0 Å². The standard InChI is InChI=1S/C16H22BrN3O/c1-4-13-9-14(20(5-2)19-13)10-21-16-7-6-12(17)8-15(16)11(3)18/h6-9,11H,4-5,10,18H2,1-3H3/t11-/m1/s1.